The van der Waals surface area contributed by atoms with Crippen LogP contribution in [0.1, 0.15) is 15.9 Å². The third-order valence-corrected chi connectivity index (χ3v) is 3.91. The monoisotopic (exact) mass is 328 g/mol. The van der Waals surface area contributed by atoms with Crippen molar-refractivity contribution in [2.45, 2.75) is 6.92 Å². The van der Waals surface area contributed by atoms with E-state index in [0.29, 0.717) is 32.0 Å². The molecule has 0 heterocycles. The molecule has 0 fully saturated rings. The van der Waals surface area contributed by atoms with Crippen LogP contribution in [-0.4, -0.2) is 5.91 Å². The van der Waals surface area contributed by atoms with Crippen molar-refractivity contribution in [1.29, 1.82) is 0 Å². The van der Waals surface area contributed by atoms with Crippen LogP contribution in [0.2, 0.25) is 15.1 Å². The van der Waals surface area contributed by atoms with Crippen LogP contribution in [0.25, 0.3) is 0 Å². The van der Waals surface area contributed by atoms with Crippen molar-refractivity contribution in [3.8, 4) is 0 Å². The lowest BCUT2D eigenvalue weighted by Crippen LogP contribution is -2.13. The predicted molar refractivity (Wildman–Crippen MR) is 85.0 cm³/mol. The molecule has 0 saturated carbocycles. The zero-order valence-corrected chi connectivity index (χ0v) is 12.8. The molecule has 0 spiro atoms. The van der Waals surface area contributed by atoms with Crippen molar-refractivity contribution in [2.24, 2.45) is 0 Å². The summed E-state index contributed by atoms with van der Waals surface area (Å²) in [7, 11) is 0. The molecule has 3 N–H and O–H groups in total. The van der Waals surface area contributed by atoms with E-state index >= 15 is 0 Å². The van der Waals surface area contributed by atoms with Gasteiger partial charge in [-0.3, -0.25) is 4.79 Å². The number of aryl methyl sites for hydroxylation is 1. The molecule has 3 nitrogen and oxygen atoms in total. The Kier molecular flexibility index (Phi) is 4.43. The summed E-state index contributed by atoms with van der Waals surface area (Å²) >= 11 is 17.7. The van der Waals surface area contributed by atoms with Gasteiger partial charge in [0.05, 0.1) is 21.4 Å². The van der Waals surface area contributed by atoms with Crippen LogP contribution in [-0.2, 0) is 0 Å². The minimum absolute atomic E-state index is 0.314. The van der Waals surface area contributed by atoms with Gasteiger partial charge in [0, 0.05) is 10.6 Å². The maximum absolute atomic E-state index is 12.1. The van der Waals surface area contributed by atoms with Gasteiger partial charge >= 0.3 is 0 Å². The van der Waals surface area contributed by atoms with E-state index in [0.717, 1.165) is 5.56 Å². The van der Waals surface area contributed by atoms with Gasteiger partial charge in [0.25, 0.3) is 5.91 Å². The van der Waals surface area contributed by atoms with Gasteiger partial charge in [0.1, 0.15) is 0 Å². The number of amides is 1. The second-order valence-electron chi connectivity index (χ2n) is 4.27. The standard InChI is InChI=1S/C14H11Cl3N2O/c1-7-4-12(18)13(6-10(7)16)19-14(20)8-2-3-9(15)11(17)5-8/h2-6H,18H2,1H3,(H,19,20). The first-order chi connectivity index (χ1) is 9.38. The number of nitrogens with one attached hydrogen (secondary N) is 1. The van der Waals surface area contributed by atoms with Crippen LogP contribution in [0.3, 0.4) is 0 Å². The molecule has 2 aromatic carbocycles. The van der Waals surface area contributed by atoms with Crippen molar-refractivity contribution in [3.63, 3.8) is 0 Å². The highest BCUT2D eigenvalue weighted by molar-refractivity contribution is 6.42. The zero-order chi connectivity index (χ0) is 14.9. The highest BCUT2D eigenvalue weighted by atomic mass is 35.5. The lowest BCUT2D eigenvalue weighted by molar-refractivity contribution is 0.102. The van der Waals surface area contributed by atoms with E-state index in [1.807, 2.05) is 6.92 Å². The second-order valence-corrected chi connectivity index (χ2v) is 5.49. The summed E-state index contributed by atoms with van der Waals surface area (Å²) in [5.41, 5.74) is 7.98. The predicted octanol–water partition coefficient (Wildman–Crippen LogP) is 4.79. The fourth-order valence-electron chi connectivity index (χ4n) is 1.64. The number of carbonyl (C=O) groups is 1. The fourth-order valence-corrected chi connectivity index (χ4v) is 2.11. The summed E-state index contributed by atoms with van der Waals surface area (Å²) in [6.07, 6.45) is 0. The van der Waals surface area contributed by atoms with E-state index in [4.69, 9.17) is 40.5 Å². The summed E-state index contributed by atoms with van der Waals surface area (Å²) < 4.78 is 0. The number of rotatable bonds is 2. The average Bonchev–Trinajstić information content (AvgIpc) is 2.39. The number of carbonyl (C=O) groups excluding carboxylic acids is 1. The molecule has 20 heavy (non-hydrogen) atoms. The van der Waals surface area contributed by atoms with Gasteiger partial charge in [-0.25, -0.2) is 0 Å². The van der Waals surface area contributed by atoms with Crippen molar-refractivity contribution in [1.82, 2.24) is 0 Å². The molecule has 0 aromatic heterocycles. The minimum atomic E-state index is -0.338. The summed E-state index contributed by atoms with van der Waals surface area (Å²) in [4.78, 5) is 12.1. The molecule has 1 amide bonds. The van der Waals surface area contributed by atoms with Crippen LogP contribution >= 0.6 is 34.8 Å². The third kappa shape index (κ3) is 3.18. The van der Waals surface area contributed by atoms with Gasteiger partial charge < -0.3 is 11.1 Å². The van der Waals surface area contributed by atoms with Gasteiger partial charge in [-0.1, -0.05) is 34.8 Å². The quantitative estimate of drug-likeness (QED) is 0.778. The molecule has 0 unspecified atom stereocenters. The third-order valence-electron chi connectivity index (χ3n) is 2.76. The van der Waals surface area contributed by atoms with Crippen molar-refractivity contribution >= 4 is 52.1 Å². The normalized spacial score (nSPS) is 10.4. The zero-order valence-electron chi connectivity index (χ0n) is 10.5. The summed E-state index contributed by atoms with van der Waals surface area (Å²) in [5.74, 6) is -0.338. The largest absolute Gasteiger partial charge is 0.397 e. The average molecular weight is 330 g/mol. The highest BCUT2D eigenvalue weighted by Gasteiger charge is 2.11. The SMILES string of the molecule is Cc1cc(N)c(NC(=O)c2ccc(Cl)c(Cl)c2)cc1Cl. The molecule has 0 aliphatic heterocycles. The Labute approximate surface area is 131 Å². The maximum atomic E-state index is 12.1. The summed E-state index contributed by atoms with van der Waals surface area (Å²) in [5, 5.41) is 3.93. The molecule has 2 rings (SSSR count). The minimum Gasteiger partial charge on any atom is -0.397 e. The number of nitrogen functional groups attached to an aromatic ring is 1. The lowest BCUT2D eigenvalue weighted by atomic mass is 10.1. The Hall–Kier alpha value is -1.42. The molecular weight excluding hydrogens is 319 g/mol. The molecule has 104 valence electrons. The van der Waals surface area contributed by atoms with E-state index in [-0.39, 0.29) is 5.91 Å². The molecule has 0 radical (unpaired) electrons. The Morgan fingerprint density at radius 3 is 2.40 bits per heavy atom. The number of nitrogens with two attached hydrogens (primary N) is 1. The van der Waals surface area contributed by atoms with Crippen LogP contribution in [0.4, 0.5) is 11.4 Å². The molecule has 0 atom stereocenters. The highest BCUT2D eigenvalue weighted by Crippen LogP contribution is 2.28. The molecular formula is C14H11Cl3N2O. The molecule has 0 saturated heterocycles. The van der Waals surface area contributed by atoms with E-state index in [1.54, 1.807) is 24.3 Å². The number of hydrogen-bond donors (Lipinski definition) is 2. The van der Waals surface area contributed by atoms with E-state index in [9.17, 15) is 4.79 Å². The van der Waals surface area contributed by atoms with E-state index < -0.39 is 0 Å². The Balaban J connectivity index is 2.27. The summed E-state index contributed by atoms with van der Waals surface area (Å²) in [6.45, 7) is 1.84. The van der Waals surface area contributed by atoms with Gasteiger partial charge in [-0.15, -0.1) is 0 Å². The lowest BCUT2D eigenvalue weighted by Gasteiger charge is -2.10. The second kappa shape index (κ2) is 5.92. The molecule has 0 aliphatic rings. The smallest absolute Gasteiger partial charge is 0.255 e. The fraction of sp³-hybridized carbons (Fsp3) is 0.0714. The van der Waals surface area contributed by atoms with E-state index in [2.05, 4.69) is 5.32 Å². The van der Waals surface area contributed by atoms with Crippen molar-refractivity contribution in [2.75, 3.05) is 11.1 Å². The van der Waals surface area contributed by atoms with Crippen LogP contribution in [0.15, 0.2) is 30.3 Å². The first kappa shape index (κ1) is 15.0. The first-order valence-corrected chi connectivity index (χ1v) is 6.84. The number of anilines is 2. The Morgan fingerprint density at radius 2 is 1.75 bits per heavy atom. The van der Waals surface area contributed by atoms with Crippen molar-refractivity contribution < 1.29 is 4.79 Å². The number of benzene rings is 2. The number of hydrogen-bond acceptors (Lipinski definition) is 2. The van der Waals surface area contributed by atoms with Gasteiger partial charge in [0.2, 0.25) is 0 Å². The van der Waals surface area contributed by atoms with Gasteiger partial charge in [-0.05, 0) is 42.8 Å². The van der Waals surface area contributed by atoms with Gasteiger partial charge in [0.15, 0.2) is 0 Å². The molecule has 6 heteroatoms. The molecule has 2 aromatic rings. The molecule has 0 bridgehead atoms. The first-order valence-electron chi connectivity index (χ1n) is 5.70. The summed E-state index contributed by atoms with van der Waals surface area (Å²) in [6, 6.07) is 7.94. The van der Waals surface area contributed by atoms with E-state index in [1.165, 1.54) is 6.07 Å². The maximum Gasteiger partial charge on any atom is 0.255 e. The Bertz CT molecular complexity index is 686. The number of halogens is 3. The Morgan fingerprint density at radius 1 is 1.05 bits per heavy atom. The van der Waals surface area contributed by atoms with Crippen LogP contribution < -0.4 is 11.1 Å². The topological polar surface area (TPSA) is 55.1 Å². The van der Waals surface area contributed by atoms with Crippen molar-refractivity contribution in [3.05, 3.63) is 56.5 Å². The van der Waals surface area contributed by atoms with Crippen LogP contribution in [0.5, 0.6) is 0 Å². The van der Waals surface area contributed by atoms with Gasteiger partial charge in [-0.2, -0.15) is 0 Å². The molecule has 0 aliphatic carbocycles. The van der Waals surface area contributed by atoms with Crippen LogP contribution in [0, 0.1) is 6.92 Å².